The highest BCUT2D eigenvalue weighted by Crippen LogP contribution is 2.18. The highest BCUT2D eigenvalue weighted by molar-refractivity contribution is 6.11. The van der Waals surface area contributed by atoms with E-state index < -0.39 is 16.7 Å². The number of para-hydroxylation sites is 1. The summed E-state index contributed by atoms with van der Waals surface area (Å²) in [6, 6.07) is 14.2. The number of carbonyl (C=O) groups is 2. The molecule has 0 saturated heterocycles. The molecule has 0 spiro atoms. The molecule has 27 heavy (non-hydrogen) atoms. The summed E-state index contributed by atoms with van der Waals surface area (Å²) in [5.74, 6) is -0.572. The topological polar surface area (TPSA) is 117 Å². The fourth-order valence-electron chi connectivity index (χ4n) is 2.41. The third-order valence-electron chi connectivity index (χ3n) is 3.66. The Morgan fingerprint density at radius 1 is 1.22 bits per heavy atom. The van der Waals surface area contributed by atoms with Crippen LogP contribution < -0.4 is 15.8 Å². The number of hydrazine groups is 1. The van der Waals surface area contributed by atoms with E-state index in [2.05, 4.69) is 15.7 Å². The van der Waals surface area contributed by atoms with Crippen molar-refractivity contribution in [3.05, 3.63) is 82.2 Å². The van der Waals surface area contributed by atoms with E-state index in [-0.39, 0.29) is 16.9 Å². The number of nitro groups is 1. The first-order chi connectivity index (χ1) is 13.0. The molecule has 0 aliphatic carbocycles. The van der Waals surface area contributed by atoms with Crippen molar-refractivity contribution in [3.8, 4) is 0 Å². The normalized spacial score (nSPS) is 15.1. The number of amides is 2. The Balaban J connectivity index is 1.81. The molecule has 0 bridgehead atoms. The van der Waals surface area contributed by atoms with Gasteiger partial charge in [0.2, 0.25) is 0 Å². The van der Waals surface area contributed by atoms with Crippen LogP contribution in [0.25, 0.3) is 0 Å². The number of aliphatic imine (C=N–C) groups is 1. The second kappa shape index (κ2) is 7.48. The maximum atomic E-state index is 12.6. The lowest BCUT2D eigenvalue weighted by Crippen LogP contribution is -2.49. The number of hydrogen-bond donors (Lipinski definition) is 2. The molecule has 2 amide bonds. The van der Waals surface area contributed by atoms with Gasteiger partial charge in [-0.15, -0.1) is 0 Å². The van der Waals surface area contributed by atoms with Crippen LogP contribution in [0.5, 0.6) is 0 Å². The molecule has 2 aromatic rings. The largest absolute Gasteiger partial charge is 0.326 e. The third-order valence-corrected chi connectivity index (χ3v) is 3.66. The molecule has 2 aromatic carbocycles. The van der Waals surface area contributed by atoms with Gasteiger partial charge in [-0.3, -0.25) is 25.1 Å². The lowest BCUT2D eigenvalue weighted by Gasteiger charge is -2.27. The van der Waals surface area contributed by atoms with Gasteiger partial charge in [0.15, 0.2) is 0 Å². The number of nitrogens with zero attached hydrogens (tertiary/aromatic N) is 3. The number of hydrogen-bond acceptors (Lipinski definition) is 6. The molecule has 1 heterocycles. The quantitative estimate of drug-likeness (QED) is 0.489. The first-order valence-electron chi connectivity index (χ1n) is 7.92. The van der Waals surface area contributed by atoms with Crippen molar-refractivity contribution in [1.82, 2.24) is 10.7 Å². The fraction of sp³-hybridized carbons (Fsp3) is 0.0556. The van der Waals surface area contributed by atoms with E-state index in [1.54, 1.807) is 31.2 Å². The van der Waals surface area contributed by atoms with Gasteiger partial charge < -0.3 is 5.32 Å². The Labute approximate surface area is 154 Å². The molecule has 0 radical (unpaired) electrons. The molecule has 0 aromatic heterocycles. The Bertz CT molecular complexity index is 969. The monoisotopic (exact) mass is 365 g/mol. The molecular weight excluding hydrogens is 350 g/mol. The van der Waals surface area contributed by atoms with E-state index in [0.29, 0.717) is 11.5 Å². The molecule has 0 saturated carbocycles. The van der Waals surface area contributed by atoms with Crippen LogP contribution >= 0.6 is 0 Å². The van der Waals surface area contributed by atoms with Crippen molar-refractivity contribution in [3.63, 3.8) is 0 Å². The summed E-state index contributed by atoms with van der Waals surface area (Å²) in [4.78, 5) is 39.2. The number of nitro benzene ring substituents is 1. The fourth-order valence-corrected chi connectivity index (χ4v) is 2.41. The van der Waals surface area contributed by atoms with E-state index in [4.69, 9.17) is 0 Å². The summed E-state index contributed by atoms with van der Waals surface area (Å²) in [6.45, 7) is 1.68. The number of amidine groups is 1. The van der Waals surface area contributed by atoms with Crippen molar-refractivity contribution in [2.24, 2.45) is 4.99 Å². The zero-order chi connectivity index (χ0) is 19.4. The minimum Gasteiger partial charge on any atom is -0.326 e. The molecule has 0 unspecified atom stereocenters. The van der Waals surface area contributed by atoms with Crippen LogP contribution in [0.2, 0.25) is 0 Å². The van der Waals surface area contributed by atoms with Crippen LogP contribution in [0, 0.1) is 10.1 Å². The molecule has 0 fully saturated rings. The Kier molecular flexibility index (Phi) is 4.93. The van der Waals surface area contributed by atoms with Crippen molar-refractivity contribution >= 4 is 29.0 Å². The number of carbonyl (C=O) groups excluding carboxylic acids is 2. The minimum absolute atomic E-state index is 0.0221. The average molecular weight is 365 g/mol. The van der Waals surface area contributed by atoms with Crippen LogP contribution in [0.15, 0.2) is 71.5 Å². The van der Waals surface area contributed by atoms with Crippen LogP contribution in [-0.4, -0.2) is 22.6 Å². The summed E-state index contributed by atoms with van der Waals surface area (Å²) >= 11 is 0. The van der Waals surface area contributed by atoms with Crippen LogP contribution in [0.3, 0.4) is 0 Å². The van der Waals surface area contributed by atoms with Crippen molar-refractivity contribution in [1.29, 1.82) is 0 Å². The SMILES string of the molecule is CC1=NC(=CNC(=O)c2cccc([N+](=O)[O-])c2)C(=O)N(c2ccccc2)N1. The van der Waals surface area contributed by atoms with Gasteiger partial charge >= 0.3 is 0 Å². The maximum Gasteiger partial charge on any atom is 0.297 e. The molecule has 1 aliphatic rings. The summed E-state index contributed by atoms with van der Waals surface area (Å²) in [6.07, 6.45) is 1.18. The molecule has 9 nitrogen and oxygen atoms in total. The lowest BCUT2D eigenvalue weighted by atomic mass is 10.2. The van der Waals surface area contributed by atoms with Gasteiger partial charge in [-0.05, 0) is 25.1 Å². The third kappa shape index (κ3) is 3.98. The summed E-state index contributed by atoms with van der Waals surface area (Å²) in [7, 11) is 0. The number of anilines is 1. The van der Waals surface area contributed by atoms with E-state index >= 15 is 0 Å². The van der Waals surface area contributed by atoms with Gasteiger partial charge in [0.25, 0.3) is 17.5 Å². The van der Waals surface area contributed by atoms with Crippen LogP contribution in [-0.2, 0) is 4.79 Å². The lowest BCUT2D eigenvalue weighted by molar-refractivity contribution is -0.384. The van der Waals surface area contributed by atoms with Gasteiger partial charge in [-0.25, -0.2) is 10.0 Å². The second-order valence-corrected chi connectivity index (χ2v) is 5.60. The van der Waals surface area contributed by atoms with E-state index in [9.17, 15) is 19.7 Å². The molecule has 1 aliphatic heterocycles. The molecule has 0 atom stereocenters. The first kappa shape index (κ1) is 17.8. The summed E-state index contributed by atoms with van der Waals surface area (Å²) < 4.78 is 0. The number of benzene rings is 2. The molecule has 136 valence electrons. The number of non-ortho nitro benzene ring substituents is 1. The summed E-state index contributed by atoms with van der Waals surface area (Å²) in [5.41, 5.74) is 3.40. The van der Waals surface area contributed by atoms with E-state index in [1.165, 1.54) is 29.4 Å². The highest BCUT2D eigenvalue weighted by Gasteiger charge is 2.25. The number of nitrogens with one attached hydrogen (secondary N) is 2. The maximum absolute atomic E-state index is 12.6. The predicted molar refractivity (Wildman–Crippen MR) is 98.8 cm³/mol. The highest BCUT2D eigenvalue weighted by atomic mass is 16.6. The molecular formula is C18H15N5O4. The van der Waals surface area contributed by atoms with E-state index in [1.807, 2.05) is 6.07 Å². The zero-order valence-corrected chi connectivity index (χ0v) is 14.2. The van der Waals surface area contributed by atoms with Crippen molar-refractivity contribution < 1.29 is 14.5 Å². The van der Waals surface area contributed by atoms with Crippen LogP contribution in [0.4, 0.5) is 11.4 Å². The smallest absolute Gasteiger partial charge is 0.297 e. The summed E-state index contributed by atoms with van der Waals surface area (Å²) in [5, 5.41) is 14.6. The molecule has 3 rings (SSSR count). The Hall–Kier alpha value is -4.01. The van der Waals surface area contributed by atoms with Gasteiger partial charge in [-0.2, -0.15) is 0 Å². The van der Waals surface area contributed by atoms with Crippen LogP contribution in [0.1, 0.15) is 17.3 Å². The second-order valence-electron chi connectivity index (χ2n) is 5.60. The van der Waals surface area contributed by atoms with Gasteiger partial charge in [-0.1, -0.05) is 24.3 Å². The zero-order valence-electron chi connectivity index (χ0n) is 14.2. The number of rotatable bonds is 4. The van der Waals surface area contributed by atoms with Crippen molar-refractivity contribution in [2.45, 2.75) is 6.92 Å². The van der Waals surface area contributed by atoms with Gasteiger partial charge in [0.05, 0.1) is 10.6 Å². The van der Waals surface area contributed by atoms with Gasteiger partial charge in [0.1, 0.15) is 11.5 Å². The Morgan fingerprint density at radius 2 is 1.96 bits per heavy atom. The van der Waals surface area contributed by atoms with Gasteiger partial charge in [0, 0.05) is 23.9 Å². The Morgan fingerprint density at radius 3 is 2.67 bits per heavy atom. The first-order valence-corrected chi connectivity index (χ1v) is 7.92. The minimum atomic E-state index is -0.586. The molecule has 9 heteroatoms. The van der Waals surface area contributed by atoms with E-state index in [0.717, 1.165) is 6.07 Å². The van der Waals surface area contributed by atoms with Crippen molar-refractivity contribution in [2.75, 3.05) is 5.01 Å². The molecule has 2 N–H and O–H groups in total. The standard InChI is InChI=1S/C18H15N5O4/c1-12-20-16(18(25)22(21-12)14-7-3-2-4-8-14)11-19-17(24)13-6-5-9-15(10-13)23(26)27/h2-11H,1H3,(H,19,24)(H,20,21). The average Bonchev–Trinajstić information content (AvgIpc) is 2.68. The predicted octanol–water partition coefficient (Wildman–Crippen LogP) is 2.14.